The smallest absolute Gasteiger partial charge is 0.315 e. The molecule has 1 aliphatic rings. The molecule has 0 aromatic heterocycles. The van der Waals surface area contributed by atoms with E-state index in [1.54, 1.807) is 29.2 Å². The Morgan fingerprint density at radius 2 is 2.04 bits per heavy atom. The van der Waals surface area contributed by atoms with Gasteiger partial charge >= 0.3 is 12.0 Å². The number of esters is 1. The van der Waals surface area contributed by atoms with E-state index in [0.29, 0.717) is 30.8 Å². The minimum Gasteiger partial charge on any atom is -0.465 e. The third-order valence-corrected chi connectivity index (χ3v) is 4.01. The summed E-state index contributed by atoms with van der Waals surface area (Å²) in [5, 5.41) is 14.0. The van der Waals surface area contributed by atoms with Crippen LogP contribution in [0.5, 0.6) is 0 Å². The van der Waals surface area contributed by atoms with Crippen LogP contribution in [-0.4, -0.2) is 43.6 Å². The molecule has 8 heteroatoms. The van der Waals surface area contributed by atoms with Gasteiger partial charge in [0.1, 0.15) is 6.04 Å². The van der Waals surface area contributed by atoms with Crippen molar-refractivity contribution in [2.75, 3.05) is 24.6 Å². The second-order valence-electron chi connectivity index (χ2n) is 6.72. The van der Waals surface area contributed by atoms with E-state index in [9.17, 15) is 14.4 Å². The van der Waals surface area contributed by atoms with Gasteiger partial charge in [-0.15, -0.1) is 0 Å². The van der Waals surface area contributed by atoms with Crippen molar-refractivity contribution in [3.05, 3.63) is 29.8 Å². The highest BCUT2D eigenvalue weighted by atomic mass is 16.5. The van der Waals surface area contributed by atoms with Gasteiger partial charge in [0.2, 0.25) is 5.91 Å². The van der Waals surface area contributed by atoms with Crippen LogP contribution in [-0.2, 0) is 14.3 Å². The largest absolute Gasteiger partial charge is 0.465 e. The normalized spacial score (nSPS) is 16.1. The first kappa shape index (κ1) is 20.2. The Hall–Kier alpha value is -3.08. The van der Waals surface area contributed by atoms with Crippen LogP contribution in [0, 0.1) is 17.2 Å². The number of amides is 3. The molecule has 2 N–H and O–H groups in total. The molecule has 0 bridgehead atoms. The molecule has 8 nitrogen and oxygen atoms in total. The molecule has 1 saturated heterocycles. The van der Waals surface area contributed by atoms with Crippen LogP contribution in [0.2, 0.25) is 0 Å². The van der Waals surface area contributed by atoms with Gasteiger partial charge in [-0.25, -0.2) is 4.79 Å². The van der Waals surface area contributed by atoms with E-state index in [2.05, 4.69) is 10.6 Å². The van der Waals surface area contributed by atoms with Crippen LogP contribution in [0.3, 0.4) is 0 Å². The fraction of sp³-hybridized carbons (Fsp3) is 0.474. The number of urea groups is 1. The topological polar surface area (TPSA) is 112 Å². The summed E-state index contributed by atoms with van der Waals surface area (Å²) in [6, 6.07) is 7.63. The molecule has 0 saturated carbocycles. The molecule has 0 unspecified atom stereocenters. The molecule has 1 fully saturated rings. The lowest BCUT2D eigenvalue weighted by Gasteiger charge is -2.17. The quantitative estimate of drug-likeness (QED) is 0.706. The van der Waals surface area contributed by atoms with E-state index >= 15 is 0 Å². The number of carbonyl (C=O) groups excluding carboxylic acids is 3. The van der Waals surface area contributed by atoms with Gasteiger partial charge in [0.15, 0.2) is 0 Å². The molecule has 1 aliphatic heterocycles. The first-order chi connectivity index (χ1) is 12.9. The Morgan fingerprint density at radius 1 is 1.33 bits per heavy atom. The van der Waals surface area contributed by atoms with Gasteiger partial charge in [0.25, 0.3) is 0 Å². The van der Waals surface area contributed by atoms with Crippen LogP contribution in [0.1, 0.15) is 32.3 Å². The number of hydrogen-bond donors (Lipinski definition) is 2. The SMILES string of the molecule is CC(C)COC(=O)CCNC(=O)N[C@H]1CCN(c2ccc(C#N)cc2)C1=O. The summed E-state index contributed by atoms with van der Waals surface area (Å²) < 4.78 is 5.02. The molecular weight excluding hydrogens is 348 g/mol. The minimum atomic E-state index is -0.617. The zero-order valence-corrected chi connectivity index (χ0v) is 15.5. The zero-order valence-electron chi connectivity index (χ0n) is 15.5. The molecule has 27 heavy (non-hydrogen) atoms. The lowest BCUT2D eigenvalue weighted by molar-refractivity contribution is -0.144. The average molecular weight is 372 g/mol. The summed E-state index contributed by atoms with van der Waals surface area (Å²) in [7, 11) is 0. The van der Waals surface area contributed by atoms with Crippen molar-refractivity contribution >= 4 is 23.6 Å². The van der Waals surface area contributed by atoms with Crippen LogP contribution in [0.15, 0.2) is 24.3 Å². The number of nitriles is 1. The summed E-state index contributed by atoms with van der Waals surface area (Å²) >= 11 is 0. The number of anilines is 1. The molecule has 0 spiro atoms. The monoisotopic (exact) mass is 372 g/mol. The van der Waals surface area contributed by atoms with Crippen LogP contribution in [0.4, 0.5) is 10.5 Å². The number of benzene rings is 1. The van der Waals surface area contributed by atoms with Crippen molar-refractivity contribution in [1.29, 1.82) is 5.26 Å². The van der Waals surface area contributed by atoms with Crippen molar-refractivity contribution in [2.24, 2.45) is 5.92 Å². The van der Waals surface area contributed by atoms with Gasteiger partial charge in [-0.05, 0) is 36.6 Å². The van der Waals surface area contributed by atoms with Crippen LogP contribution in [0.25, 0.3) is 0 Å². The van der Waals surface area contributed by atoms with Crippen molar-refractivity contribution in [1.82, 2.24) is 10.6 Å². The highest BCUT2D eigenvalue weighted by Crippen LogP contribution is 2.21. The van der Waals surface area contributed by atoms with Crippen molar-refractivity contribution in [2.45, 2.75) is 32.7 Å². The number of nitrogens with one attached hydrogen (secondary N) is 2. The number of ether oxygens (including phenoxy) is 1. The van der Waals surface area contributed by atoms with Gasteiger partial charge in [0.05, 0.1) is 24.7 Å². The fourth-order valence-electron chi connectivity index (χ4n) is 2.61. The summed E-state index contributed by atoms with van der Waals surface area (Å²) in [5.74, 6) is -0.309. The van der Waals surface area contributed by atoms with Crippen molar-refractivity contribution in [3.8, 4) is 6.07 Å². The van der Waals surface area contributed by atoms with Crippen molar-refractivity contribution in [3.63, 3.8) is 0 Å². The van der Waals surface area contributed by atoms with E-state index in [4.69, 9.17) is 10.00 Å². The second-order valence-corrected chi connectivity index (χ2v) is 6.72. The maximum atomic E-state index is 12.5. The van der Waals surface area contributed by atoms with E-state index in [1.807, 2.05) is 19.9 Å². The maximum Gasteiger partial charge on any atom is 0.315 e. The highest BCUT2D eigenvalue weighted by molar-refractivity contribution is 6.01. The van der Waals surface area contributed by atoms with Crippen LogP contribution < -0.4 is 15.5 Å². The van der Waals surface area contributed by atoms with E-state index in [-0.39, 0.29) is 30.8 Å². The summed E-state index contributed by atoms with van der Waals surface area (Å²) in [6.45, 7) is 4.87. The summed E-state index contributed by atoms with van der Waals surface area (Å²) in [6.07, 6.45) is 0.568. The molecule has 1 aromatic carbocycles. The fourth-order valence-corrected chi connectivity index (χ4v) is 2.61. The van der Waals surface area contributed by atoms with Gasteiger partial charge in [-0.3, -0.25) is 9.59 Å². The molecule has 1 atom stereocenters. The second kappa shape index (κ2) is 9.57. The molecular formula is C19H24N4O4. The zero-order chi connectivity index (χ0) is 19.8. The average Bonchev–Trinajstić information content (AvgIpc) is 3.00. The standard InChI is InChI=1S/C19H24N4O4/c1-13(2)12-27-17(24)7-9-21-19(26)22-16-8-10-23(18(16)25)15-5-3-14(11-20)4-6-15/h3-6,13,16H,7-10,12H2,1-2H3,(H2,21,22,26)/t16-/m0/s1. The Morgan fingerprint density at radius 3 is 2.67 bits per heavy atom. The first-order valence-electron chi connectivity index (χ1n) is 8.92. The minimum absolute atomic E-state index is 0.0795. The number of rotatable bonds is 7. The van der Waals surface area contributed by atoms with Crippen LogP contribution >= 0.6 is 0 Å². The lowest BCUT2D eigenvalue weighted by atomic mass is 10.2. The van der Waals surface area contributed by atoms with E-state index < -0.39 is 12.1 Å². The third kappa shape index (κ3) is 5.99. The Balaban J connectivity index is 1.75. The summed E-state index contributed by atoms with van der Waals surface area (Å²) in [5.41, 5.74) is 1.21. The lowest BCUT2D eigenvalue weighted by Crippen LogP contribution is -2.46. The highest BCUT2D eigenvalue weighted by Gasteiger charge is 2.33. The predicted octanol–water partition coefficient (Wildman–Crippen LogP) is 1.55. The third-order valence-electron chi connectivity index (χ3n) is 4.01. The molecule has 3 amide bonds. The van der Waals surface area contributed by atoms with Crippen molar-refractivity contribution < 1.29 is 19.1 Å². The summed E-state index contributed by atoms with van der Waals surface area (Å²) in [4.78, 5) is 37.5. The molecule has 144 valence electrons. The van der Waals surface area contributed by atoms with Gasteiger partial charge < -0.3 is 20.3 Å². The Labute approximate surface area is 158 Å². The molecule has 0 aliphatic carbocycles. The molecule has 1 aromatic rings. The van der Waals surface area contributed by atoms with E-state index in [1.165, 1.54) is 0 Å². The first-order valence-corrected chi connectivity index (χ1v) is 8.92. The number of carbonyl (C=O) groups is 3. The maximum absolute atomic E-state index is 12.5. The number of hydrogen-bond acceptors (Lipinski definition) is 5. The predicted molar refractivity (Wildman–Crippen MR) is 98.9 cm³/mol. The molecule has 1 heterocycles. The number of nitrogens with zero attached hydrogens (tertiary/aromatic N) is 2. The molecule has 2 rings (SSSR count). The Kier molecular flexibility index (Phi) is 7.17. The molecule has 0 radical (unpaired) electrons. The van der Waals surface area contributed by atoms with Gasteiger partial charge in [-0.1, -0.05) is 13.8 Å². The Bertz CT molecular complexity index is 724. The van der Waals surface area contributed by atoms with Gasteiger partial charge in [-0.2, -0.15) is 5.26 Å². The van der Waals surface area contributed by atoms with E-state index in [0.717, 1.165) is 0 Å². The van der Waals surface area contributed by atoms with Gasteiger partial charge in [0, 0.05) is 18.8 Å².